The van der Waals surface area contributed by atoms with Gasteiger partial charge in [-0.1, -0.05) is 0 Å². The van der Waals surface area contributed by atoms with Gasteiger partial charge in [-0.15, -0.1) is 0 Å². The zero-order valence-electron chi connectivity index (χ0n) is 10.5. The van der Waals surface area contributed by atoms with Gasteiger partial charge >= 0.3 is 0 Å². The summed E-state index contributed by atoms with van der Waals surface area (Å²) >= 11 is 0. The molecular formula is C11H22N2O4S. The minimum absolute atomic E-state index is 0.0235. The molecule has 0 aromatic carbocycles. The van der Waals surface area contributed by atoms with Gasteiger partial charge in [0.1, 0.15) is 0 Å². The van der Waals surface area contributed by atoms with Crippen molar-refractivity contribution in [2.24, 2.45) is 5.92 Å². The normalized spacial score (nSPS) is 31.9. The molecule has 2 aliphatic heterocycles. The third-order valence-corrected chi connectivity index (χ3v) is 5.70. The van der Waals surface area contributed by atoms with Crippen LogP contribution in [0.2, 0.25) is 0 Å². The average molecular weight is 278 g/mol. The standard InChI is InChI=1S/C11H22N2O4S/c14-10-7-13(8-11(10)15)18(16,17)6-3-9-1-4-12-5-2-9/h9-12,14-15H,1-8H2. The van der Waals surface area contributed by atoms with E-state index in [1.807, 2.05) is 0 Å². The molecule has 2 aliphatic rings. The van der Waals surface area contributed by atoms with Crippen molar-refractivity contribution in [2.75, 3.05) is 31.9 Å². The Hall–Kier alpha value is -0.210. The number of hydrogen-bond donors (Lipinski definition) is 3. The number of rotatable bonds is 4. The van der Waals surface area contributed by atoms with E-state index in [4.69, 9.17) is 0 Å². The Balaban J connectivity index is 1.83. The van der Waals surface area contributed by atoms with Crippen molar-refractivity contribution in [1.82, 2.24) is 9.62 Å². The van der Waals surface area contributed by atoms with Crippen molar-refractivity contribution in [3.05, 3.63) is 0 Å². The highest BCUT2D eigenvalue weighted by molar-refractivity contribution is 7.89. The fraction of sp³-hybridized carbons (Fsp3) is 1.00. The predicted molar refractivity (Wildman–Crippen MR) is 67.6 cm³/mol. The molecule has 2 heterocycles. The van der Waals surface area contributed by atoms with Gasteiger partial charge in [-0.05, 0) is 38.3 Å². The summed E-state index contributed by atoms with van der Waals surface area (Å²) in [7, 11) is -3.33. The molecule has 0 aromatic heterocycles. The summed E-state index contributed by atoms with van der Waals surface area (Å²) in [6, 6.07) is 0. The van der Waals surface area contributed by atoms with Crippen LogP contribution in [0.4, 0.5) is 0 Å². The Bertz CT molecular complexity index is 357. The van der Waals surface area contributed by atoms with E-state index in [1.165, 1.54) is 4.31 Å². The van der Waals surface area contributed by atoms with E-state index >= 15 is 0 Å². The minimum Gasteiger partial charge on any atom is -0.389 e. The Morgan fingerprint density at radius 1 is 1.11 bits per heavy atom. The molecule has 106 valence electrons. The van der Waals surface area contributed by atoms with Gasteiger partial charge in [-0.3, -0.25) is 0 Å². The highest BCUT2D eigenvalue weighted by Gasteiger charge is 2.36. The zero-order valence-corrected chi connectivity index (χ0v) is 11.3. The monoisotopic (exact) mass is 278 g/mol. The SMILES string of the molecule is O=S(=O)(CCC1CCNCC1)N1CC(O)C(O)C1. The second kappa shape index (κ2) is 5.83. The van der Waals surface area contributed by atoms with Crippen molar-refractivity contribution in [2.45, 2.75) is 31.5 Å². The van der Waals surface area contributed by atoms with Crippen LogP contribution < -0.4 is 5.32 Å². The molecule has 0 aromatic rings. The van der Waals surface area contributed by atoms with Gasteiger partial charge in [-0.25, -0.2) is 8.42 Å². The number of nitrogens with zero attached hydrogens (tertiary/aromatic N) is 1. The number of aliphatic hydroxyl groups excluding tert-OH is 2. The Morgan fingerprint density at radius 3 is 2.22 bits per heavy atom. The lowest BCUT2D eigenvalue weighted by Gasteiger charge is -2.23. The number of β-amino-alcohol motifs (C(OH)–C–C–N with tert-alkyl or cyclic N) is 2. The Morgan fingerprint density at radius 2 is 1.67 bits per heavy atom. The van der Waals surface area contributed by atoms with E-state index in [2.05, 4.69) is 5.32 Å². The van der Waals surface area contributed by atoms with Gasteiger partial charge in [0.2, 0.25) is 10.0 Å². The van der Waals surface area contributed by atoms with Gasteiger partial charge in [0.25, 0.3) is 0 Å². The van der Waals surface area contributed by atoms with Gasteiger partial charge < -0.3 is 15.5 Å². The van der Waals surface area contributed by atoms with Gasteiger partial charge in [0.05, 0.1) is 18.0 Å². The number of hydrogen-bond acceptors (Lipinski definition) is 5. The summed E-state index contributed by atoms with van der Waals surface area (Å²) in [5.41, 5.74) is 0. The van der Waals surface area contributed by atoms with Gasteiger partial charge in [0, 0.05) is 13.1 Å². The molecule has 3 N–H and O–H groups in total. The quantitative estimate of drug-likeness (QED) is 0.597. The summed E-state index contributed by atoms with van der Waals surface area (Å²) in [5.74, 6) is 0.593. The van der Waals surface area contributed by atoms with Crippen molar-refractivity contribution >= 4 is 10.0 Å². The van der Waals surface area contributed by atoms with E-state index in [-0.39, 0.29) is 18.8 Å². The van der Waals surface area contributed by atoms with Crippen molar-refractivity contribution in [3.63, 3.8) is 0 Å². The van der Waals surface area contributed by atoms with Crippen LogP contribution >= 0.6 is 0 Å². The lowest BCUT2D eigenvalue weighted by atomic mass is 9.96. The summed E-state index contributed by atoms with van der Waals surface area (Å²) in [6.45, 7) is 1.98. The molecule has 2 fully saturated rings. The average Bonchev–Trinajstić information content (AvgIpc) is 2.70. The maximum Gasteiger partial charge on any atom is 0.214 e. The van der Waals surface area contributed by atoms with E-state index in [9.17, 15) is 18.6 Å². The Labute approximate surface area is 108 Å². The molecule has 0 bridgehead atoms. The van der Waals surface area contributed by atoms with Crippen LogP contribution in [0.25, 0.3) is 0 Å². The maximum atomic E-state index is 12.1. The predicted octanol–water partition coefficient (Wildman–Crippen LogP) is -1.26. The molecule has 0 amide bonds. The molecule has 0 radical (unpaired) electrons. The van der Waals surface area contributed by atoms with Crippen LogP contribution in [0.1, 0.15) is 19.3 Å². The Kier molecular flexibility index (Phi) is 4.60. The van der Waals surface area contributed by atoms with Crippen LogP contribution in [-0.2, 0) is 10.0 Å². The first-order chi connectivity index (χ1) is 8.49. The lowest BCUT2D eigenvalue weighted by molar-refractivity contribution is 0.0572. The highest BCUT2D eigenvalue weighted by atomic mass is 32.2. The van der Waals surface area contributed by atoms with E-state index < -0.39 is 22.2 Å². The molecule has 0 spiro atoms. The largest absolute Gasteiger partial charge is 0.389 e. The van der Waals surface area contributed by atoms with Crippen LogP contribution in [0.15, 0.2) is 0 Å². The first kappa shape index (κ1) is 14.2. The fourth-order valence-electron chi connectivity index (χ4n) is 2.58. The van der Waals surface area contributed by atoms with Crippen LogP contribution in [-0.4, -0.2) is 67.1 Å². The fourth-order valence-corrected chi connectivity index (χ4v) is 4.23. The molecular weight excluding hydrogens is 256 g/mol. The lowest BCUT2D eigenvalue weighted by Crippen LogP contribution is -2.34. The molecule has 2 atom stereocenters. The maximum absolute atomic E-state index is 12.1. The molecule has 2 rings (SSSR count). The topological polar surface area (TPSA) is 89.9 Å². The minimum atomic E-state index is -3.33. The third-order valence-electron chi connectivity index (χ3n) is 3.86. The second-order valence-electron chi connectivity index (χ2n) is 5.25. The number of sulfonamides is 1. The molecule has 2 unspecified atom stereocenters. The highest BCUT2D eigenvalue weighted by Crippen LogP contribution is 2.20. The molecule has 7 heteroatoms. The molecule has 6 nitrogen and oxygen atoms in total. The van der Waals surface area contributed by atoms with E-state index in [0.29, 0.717) is 12.3 Å². The number of aliphatic hydroxyl groups is 2. The second-order valence-corrected chi connectivity index (χ2v) is 7.34. The number of nitrogens with one attached hydrogen (secondary N) is 1. The molecule has 2 saturated heterocycles. The van der Waals surface area contributed by atoms with Crippen molar-refractivity contribution in [1.29, 1.82) is 0 Å². The van der Waals surface area contributed by atoms with Crippen molar-refractivity contribution < 1.29 is 18.6 Å². The third kappa shape index (κ3) is 3.42. The van der Waals surface area contributed by atoms with E-state index in [1.54, 1.807) is 0 Å². The smallest absolute Gasteiger partial charge is 0.214 e. The van der Waals surface area contributed by atoms with Crippen molar-refractivity contribution in [3.8, 4) is 0 Å². The molecule has 0 aliphatic carbocycles. The summed E-state index contributed by atoms with van der Waals surface area (Å²) < 4.78 is 25.3. The summed E-state index contributed by atoms with van der Waals surface area (Å²) in [6.07, 6.45) is 0.839. The van der Waals surface area contributed by atoms with Gasteiger partial charge in [0.15, 0.2) is 0 Å². The van der Waals surface area contributed by atoms with Gasteiger partial charge in [-0.2, -0.15) is 4.31 Å². The first-order valence-corrected chi connectivity index (χ1v) is 8.14. The summed E-state index contributed by atoms with van der Waals surface area (Å²) in [4.78, 5) is 0. The van der Waals surface area contributed by atoms with Crippen LogP contribution in [0.3, 0.4) is 0 Å². The van der Waals surface area contributed by atoms with Crippen LogP contribution in [0, 0.1) is 5.92 Å². The summed E-state index contributed by atoms with van der Waals surface area (Å²) in [5, 5.41) is 22.0. The number of piperidine rings is 1. The molecule has 18 heavy (non-hydrogen) atoms. The first-order valence-electron chi connectivity index (χ1n) is 6.54. The zero-order chi connectivity index (χ0) is 13.2. The molecule has 0 saturated carbocycles. The van der Waals surface area contributed by atoms with Crippen LogP contribution in [0.5, 0.6) is 0 Å². The van der Waals surface area contributed by atoms with E-state index in [0.717, 1.165) is 25.9 Å².